The van der Waals surface area contributed by atoms with E-state index in [0.717, 1.165) is 16.8 Å². The van der Waals surface area contributed by atoms with E-state index in [9.17, 15) is 13.2 Å². The van der Waals surface area contributed by atoms with Crippen molar-refractivity contribution in [2.45, 2.75) is 25.0 Å². The molecule has 0 unspecified atom stereocenters. The summed E-state index contributed by atoms with van der Waals surface area (Å²) in [5.74, 6) is 1.13. The second-order valence-corrected chi connectivity index (χ2v) is 9.46. The zero-order chi connectivity index (χ0) is 22.6. The van der Waals surface area contributed by atoms with E-state index in [-0.39, 0.29) is 29.7 Å². The molecule has 1 heterocycles. The number of anilines is 1. The first-order valence-electron chi connectivity index (χ1n) is 10.2. The van der Waals surface area contributed by atoms with Crippen LogP contribution >= 0.6 is 0 Å². The predicted octanol–water partition coefficient (Wildman–Crippen LogP) is 4.05. The highest BCUT2D eigenvalue weighted by atomic mass is 32.2. The average Bonchev–Trinajstić information content (AvgIpc) is 3.16. The molecule has 1 N–H and O–H groups in total. The van der Waals surface area contributed by atoms with Crippen molar-refractivity contribution in [2.75, 3.05) is 11.1 Å². The number of nitrogens with zero attached hydrogens (tertiary/aromatic N) is 2. The van der Waals surface area contributed by atoms with Crippen LogP contribution in [0.2, 0.25) is 0 Å². The van der Waals surface area contributed by atoms with E-state index >= 15 is 0 Å². The van der Waals surface area contributed by atoms with Crippen molar-refractivity contribution in [1.29, 1.82) is 0 Å². The van der Waals surface area contributed by atoms with Crippen molar-refractivity contribution in [1.82, 2.24) is 9.55 Å². The summed E-state index contributed by atoms with van der Waals surface area (Å²) < 4.78 is 31.6. The Labute approximate surface area is 186 Å². The molecule has 0 bridgehead atoms. The standard InChI is InChI=1S/C24H23N3O4S/c1-2-32(29,30)20-14-12-18(13-15-20)25-24(28)16-27-22-11-7-6-10-21(22)26-23(27)17-31-19-8-4-3-5-9-19/h3-15H,2,16-17H2,1H3,(H,25,28). The van der Waals surface area contributed by atoms with E-state index in [4.69, 9.17) is 4.74 Å². The molecule has 0 aliphatic rings. The number of rotatable bonds is 8. The van der Waals surface area contributed by atoms with E-state index in [1.165, 1.54) is 12.1 Å². The Bertz CT molecular complexity index is 1330. The number of para-hydroxylation sites is 3. The summed E-state index contributed by atoms with van der Waals surface area (Å²) in [5, 5.41) is 2.82. The van der Waals surface area contributed by atoms with Gasteiger partial charge in [-0.25, -0.2) is 13.4 Å². The Hall–Kier alpha value is -3.65. The molecule has 1 aromatic heterocycles. The molecule has 8 heteroatoms. The first kappa shape index (κ1) is 21.6. The molecule has 164 valence electrons. The van der Waals surface area contributed by atoms with E-state index in [0.29, 0.717) is 11.5 Å². The van der Waals surface area contributed by atoms with Gasteiger partial charge < -0.3 is 14.6 Å². The van der Waals surface area contributed by atoms with Crippen molar-refractivity contribution < 1.29 is 17.9 Å². The Balaban J connectivity index is 1.52. The number of sulfone groups is 1. The molecular formula is C24H23N3O4S. The molecule has 0 fully saturated rings. The second kappa shape index (κ2) is 9.23. The number of aromatic nitrogens is 2. The molecule has 4 rings (SSSR count). The SMILES string of the molecule is CCS(=O)(=O)c1ccc(NC(=O)Cn2c(COc3ccccc3)nc3ccccc32)cc1. The minimum atomic E-state index is -3.28. The minimum absolute atomic E-state index is 0.0280. The van der Waals surface area contributed by atoms with Crippen LogP contribution in [-0.4, -0.2) is 29.6 Å². The lowest BCUT2D eigenvalue weighted by molar-refractivity contribution is -0.116. The van der Waals surface area contributed by atoms with Gasteiger partial charge in [-0.05, 0) is 48.5 Å². The van der Waals surface area contributed by atoms with Crippen LogP contribution in [0.5, 0.6) is 5.75 Å². The molecule has 0 radical (unpaired) electrons. The molecule has 32 heavy (non-hydrogen) atoms. The summed E-state index contributed by atoms with van der Waals surface area (Å²) >= 11 is 0. The fraction of sp³-hybridized carbons (Fsp3) is 0.167. The summed E-state index contributed by atoms with van der Waals surface area (Å²) in [6, 6.07) is 23.2. The van der Waals surface area contributed by atoms with Gasteiger partial charge in [0.25, 0.3) is 0 Å². The monoisotopic (exact) mass is 449 g/mol. The third kappa shape index (κ3) is 4.81. The fourth-order valence-corrected chi connectivity index (χ4v) is 4.22. The quantitative estimate of drug-likeness (QED) is 0.438. The number of ether oxygens (including phenoxy) is 1. The highest BCUT2D eigenvalue weighted by Gasteiger charge is 2.15. The Morgan fingerprint density at radius 2 is 1.66 bits per heavy atom. The first-order chi connectivity index (χ1) is 15.5. The number of nitrogens with one attached hydrogen (secondary N) is 1. The Morgan fingerprint density at radius 3 is 2.38 bits per heavy atom. The van der Waals surface area contributed by atoms with Crippen molar-refractivity contribution in [3.8, 4) is 5.75 Å². The van der Waals surface area contributed by atoms with Gasteiger partial charge in [-0.1, -0.05) is 37.3 Å². The van der Waals surface area contributed by atoms with Crippen LogP contribution in [-0.2, 0) is 27.8 Å². The van der Waals surface area contributed by atoms with Gasteiger partial charge >= 0.3 is 0 Å². The molecule has 7 nitrogen and oxygen atoms in total. The fourth-order valence-electron chi connectivity index (χ4n) is 3.33. The van der Waals surface area contributed by atoms with Crippen molar-refractivity contribution in [3.05, 3.63) is 84.7 Å². The van der Waals surface area contributed by atoms with Gasteiger partial charge in [0.1, 0.15) is 24.7 Å². The van der Waals surface area contributed by atoms with Gasteiger partial charge in [-0.2, -0.15) is 0 Å². The molecule has 0 spiro atoms. The summed E-state index contributed by atoms with van der Waals surface area (Å²) in [6.45, 7) is 1.86. The number of carbonyl (C=O) groups excluding carboxylic acids is 1. The van der Waals surface area contributed by atoms with Gasteiger partial charge in [0.15, 0.2) is 9.84 Å². The number of hydrogen-bond donors (Lipinski definition) is 1. The number of hydrogen-bond acceptors (Lipinski definition) is 5. The van der Waals surface area contributed by atoms with Gasteiger partial charge in [-0.15, -0.1) is 0 Å². The van der Waals surface area contributed by atoms with Gasteiger partial charge in [0.2, 0.25) is 5.91 Å². The van der Waals surface area contributed by atoms with E-state index < -0.39 is 9.84 Å². The zero-order valence-electron chi connectivity index (χ0n) is 17.6. The van der Waals surface area contributed by atoms with Crippen LogP contribution in [0.25, 0.3) is 11.0 Å². The summed E-state index contributed by atoms with van der Waals surface area (Å²) in [6.07, 6.45) is 0. The number of amides is 1. The summed E-state index contributed by atoms with van der Waals surface area (Å²) in [4.78, 5) is 17.6. The normalized spacial score (nSPS) is 11.4. The van der Waals surface area contributed by atoms with Crippen LogP contribution in [0.3, 0.4) is 0 Å². The number of fused-ring (bicyclic) bond motifs is 1. The lowest BCUT2D eigenvalue weighted by Gasteiger charge is -2.11. The maximum absolute atomic E-state index is 12.8. The van der Waals surface area contributed by atoms with Crippen molar-refractivity contribution in [2.24, 2.45) is 0 Å². The lowest BCUT2D eigenvalue weighted by atomic mass is 10.3. The smallest absolute Gasteiger partial charge is 0.244 e. The zero-order valence-corrected chi connectivity index (χ0v) is 18.4. The van der Waals surface area contributed by atoms with Crippen LogP contribution in [0.15, 0.2) is 83.8 Å². The van der Waals surface area contributed by atoms with Crippen LogP contribution in [0, 0.1) is 0 Å². The highest BCUT2D eigenvalue weighted by molar-refractivity contribution is 7.91. The first-order valence-corrected chi connectivity index (χ1v) is 11.9. The molecule has 0 aliphatic carbocycles. The third-order valence-electron chi connectivity index (χ3n) is 5.02. The Kier molecular flexibility index (Phi) is 6.23. The molecule has 0 saturated heterocycles. The second-order valence-electron chi connectivity index (χ2n) is 7.18. The minimum Gasteiger partial charge on any atom is -0.486 e. The molecule has 3 aromatic carbocycles. The average molecular weight is 450 g/mol. The molecular weight excluding hydrogens is 426 g/mol. The molecule has 1 amide bonds. The van der Waals surface area contributed by atoms with Gasteiger partial charge in [0, 0.05) is 5.69 Å². The molecule has 0 saturated carbocycles. The van der Waals surface area contributed by atoms with E-state index in [1.807, 2.05) is 59.2 Å². The van der Waals surface area contributed by atoms with Crippen molar-refractivity contribution >= 4 is 32.5 Å². The van der Waals surface area contributed by atoms with Gasteiger partial charge in [-0.3, -0.25) is 4.79 Å². The van der Waals surface area contributed by atoms with Crippen LogP contribution < -0.4 is 10.1 Å². The highest BCUT2D eigenvalue weighted by Crippen LogP contribution is 2.19. The summed E-state index contributed by atoms with van der Waals surface area (Å²) in [7, 11) is -3.28. The van der Waals surface area contributed by atoms with E-state index in [2.05, 4.69) is 10.3 Å². The van der Waals surface area contributed by atoms with E-state index in [1.54, 1.807) is 19.1 Å². The number of imidazole rings is 1. The van der Waals surface area contributed by atoms with Crippen molar-refractivity contribution in [3.63, 3.8) is 0 Å². The van der Waals surface area contributed by atoms with Gasteiger partial charge in [0.05, 0.1) is 21.7 Å². The number of carbonyl (C=O) groups is 1. The Morgan fingerprint density at radius 1 is 0.969 bits per heavy atom. The molecule has 0 aliphatic heterocycles. The predicted molar refractivity (Wildman–Crippen MR) is 123 cm³/mol. The number of benzene rings is 3. The largest absolute Gasteiger partial charge is 0.486 e. The topological polar surface area (TPSA) is 90.3 Å². The summed E-state index contributed by atoms with van der Waals surface area (Å²) in [5.41, 5.74) is 2.14. The van der Waals surface area contributed by atoms with Crippen LogP contribution in [0.4, 0.5) is 5.69 Å². The van der Waals surface area contributed by atoms with Crippen LogP contribution in [0.1, 0.15) is 12.7 Å². The molecule has 0 atom stereocenters. The maximum atomic E-state index is 12.8. The molecule has 4 aromatic rings. The third-order valence-corrected chi connectivity index (χ3v) is 6.77. The lowest BCUT2D eigenvalue weighted by Crippen LogP contribution is -2.20. The maximum Gasteiger partial charge on any atom is 0.244 e.